The Morgan fingerprint density at radius 3 is 2.76 bits per heavy atom. The Labute approximate surface area is 127 Å². The van der Waals surface area contributed by atoms with Crippen LogP contribution in [0.2, 0.25) is 0 Å². The number of hydrogen-bond donors (Lipinski definition) is 0. The number of carbonyl (C=O) groups is 1. The topological polar surface area (TPSA) is 39.2 Å². The van der Waals surface area contributed by atoms with Gasteiger partial charge in [-0.1, -0.05) is 12.1 Å². The van der Waals surface area contributed by atoms with Gasteiger partial charge in [-0.05, 0) is 42.8 Å². The van der Waals surface area contributed by atoms with E-state index in [0.29, 0.717) is 12.0 Å². The number of nitrogens with zero attached hydrogens (tertiary/aromatic N) is 1. The number of ketones is 1. The van der Waals surface area contributed by atoms with Gasteiger partial charge < -0.3 is 4.74 Å². The first-order chi connectivity index (χ1) is 10.2. The van der Waals surface area contributed by atoms with Crippen LogP contribution in [0.5, 0.6) is 5.75 Å². The molecular weight excluding hydrogens is 282 g/mol. The zero-order valence-corrected chi connectivity index (χ0v) is 12.7. The summed E-state index contributed by atoms with van der Waals surface area (Å²) < 4.78 is 6.33. The minimum atomic E-state index is 0.0832. The van der Waals surface area contributed by atoms with Crippen molar-refractivity contribution < 1.29 is 9.53 Å². The maximum absolute atomic E-state index is 12.4. The van der Waals surface area contributed by atoms with Crippen LogP contribution in [-0.4, -0.2) is 17.9 Å². The zero-order valence-electron chi connectivity index (χ0n) is 11.9. The number of rotatable bonds is 4. The number of carbonyl (C=O) groups excluding carboxylic acids is 1. The summed E-state index contributed by atoms with van der Waals surface area (Å²) in [7, 11) is 1.63. The van der Waals surface area contributed by atoms with Crippen LogP contribution in [0.1, 0.15) is 20.9 Å². The maximum atomic E-state index is 12.4. The van der Waals surface area contributed by atoms with E-state index in [4.69, 9.17) is 4.74 Å². The predicted molar refractivity (Wildman–Crippen MR) is 85.4 cm³/mol. The summed E-state index contributed by atoms with van der Waals surface area (Å²) in [6.45, 7) is 1.94. The molecule has 4 heteroatoms. The van der Waals surface area contributed by atoms with Gasteiger partial charge in [0, 0.05) is 5.56 Å². The highest BCUT2D eigenvalue weighted by atomic mass is 32.1. The van der Waals surface area contributed by atoms with Crippen molar-refractivity contribution in [1.82, 2.24) is 4.98 Å². The van der Waals surface area contributed by atoms with Crippen molar-refractivity contribution in [2.75, 3.05) is 7.11 Å². The molecule has 0 aliphatic carbocycles. The third-order valence-electron chi connectivity index (χ3n) is 3.37. The SMILES string of the molecule is COc1ccc(C(=O)Cc2nc3ccccc3s2)cc1C. The van der Waals surface area contributed by atoms with Crippen molar-refractivity contribution >= 4 is 27.3 Å². The molecule has 3 rings (SSSR count). The minimum absolute atomic E-state index is 0.0832. The lowest BCUT2D eigenvalue weighted by Gasteiger charge is -2.06. The van der Waals surface area contributed by atoms with Gasteiger partial charge in [-0.3, -0.25) is 4.79 Å². The number of Topliss-reactive ketones (excluding diaryl/α,β-unsaturated/α-hetero) is 1. The first-order valence-electron chi connectivity index (χ1n) is 6.69. The van der Waals surface area contributed by atoms with Crippen LogP contribution < -0.4 is 4.74 Å². The molecule has 0 fully saturated rings. The molecule has 0 aliphatic rings. The summed E-state index contributed by atoms with van der Waals surface area (Å²) in [4.78, 5) is 16.9. The van der Waals surface area contributed by atoms with E-state index >= 15 is 0 Å². The monoisotopic (exact) mass is 297 g/mol. The molecule has 0 unspecified atom stereocenters. The molecule has 3 nitrogen and oxygen atoms in total. The van der Waals surface area contributed by atoms with Crippen LogP contribution in [0.4, 0.5) is 0 Å². The smallest absolute Gasteiger partial charge is 0.169 e. The van der Waals surface area contributed by atoms with E-state index in [9.17, 15) is 4.79 Å². The molecule has 0 spiro atoms. The van der Waals surface area contributed by atoms with E-state index in [1.165, 1.54) is 0 Å². The second-order valence-electron chi connectivity index (χ2n) is 4.86. The summed E-state index contributed by atoms with van der Waals surface area (Å²) in [5, 5.41) is 0.856. The Kier molecular flexibility index (Phi) is 3.71. The van der Waals surface area contributed by atoms with Gasteiger partial charge in [0.2, 0.25) is 0 Å². The summed E-state index contributed by atoms with van der Waals surface area (Å²) in [6.07, 6.45) is 0.338. The first-order valence-corrected chi connectivity index (χ1v) is 7.51. The Morgan fingerprint density at radius 1 is 1.24 bits per heavy atom. The molecule has 21 heavy (non-hydrogen) atoms. The second kappa shape index (κ2) is 5.66. The van der Waals surface area contributed by atoms with Crippen LogP contribution in [0.3, 0.4) is 0 Å². The van der Waals surface area contributed by atoms with Crippen molar-refractivity contribution in [2.45, 2.75) is 13.3 Å². The van der Waals surface area contributed by atoms with Crippen molar-refractivity contribution in [3.63, 3.8) is 0 Å². The summed E-state index contributed by atoms with van der Waals surface area (Å²) in [6, 6.07) is 13.5. The third kappa shape index (κ3) is 2.81. The van der Waals surface area contributed by atoms with E-state index < -0.39 is 0 Å². The molecule has 3 aromatic rings. The highest BCUT2D eigenvalue weighted by molar-refractivity contribution is 7.18. The quantitative estimate of drug-likeness (QED) is 0.682. The fourth-order valence-corrected chi connectivity index (χ4v) is 3.25. The molecule has 0 aliphatic heterocycles. The van der Waals surface area contributed by atoms with Crippen molar-refractivity contribution in [2.24, 2.45) is 0 Å². The Balaban J connectivity index is 1.84. The molecule has 0 saturated carbocycles. The lowest BCUT2D eigenvalue weighted by atomic mass is 10.1. The van der Waals surface area contributed by atoms with E-state index in [1.807, 2.05) is 49.4 Å². The number of aromatic nitrogens is 1. The normalized spacial score (nSPS) is 10.8. The first kappa shape index (κ1) is 13.8. The molecular formula is C17H15NO2S. The fourth-order valence-electron chi connectivity index (χ4n) is 2.29. The zero-order chi connectivity index (χ0) is 14.8. The molecule has 1 heterocycles. The van der Waals surface area contributed by atoms with Gasteiger partial charge >= 0.3 is 0 Å². The van der Waals surface area contributed by atoms with Crippen LogP contribution in [-0.2, 0) is 6.42 Å². The predicted octanol–water partition coefficient (Wildman–Crippen LogP) is 4.04. The molecule has 0 bridgehead atoms. The van der Waals surface area contributed by atoms with Gasteiger partial charge in [0.05, 0.1) is 23.7 Å². The number of ether oxygens (including phenoxy) is 1. The highest BCUT2D eigenvalue weighted by Crippen LogP contribution is 2.24. The lowest BCUT2D eigenvalue weighted by Crippen LogP contribution is -2.04. The van der Waals surface area contributed by atoms with Gasteiger partial charge in [-0.2, -0.15) is 0 Å². The molecule has 2 aromatic carbocycles. The Hall–Kier alpha value is -2.20. The van der Waals surface area contributed by atoms with E-state index in [1.54, 1.807) is 18.4 Å². The molecule has 0 N–H and O–H groups in total. The van der Waals surface area contributed by atoms with Gasteiger partial charge in [0.25, 0.3) is 0 Å². The van der Waals surface area contributed by atoms with Crippen molar-refractivity contribution in [3.05, 3.63) is 58.6 Å². The average molecular weight is 297 g/mol. The van der Waals surface area contributed by atoms with E-state index in [2.05, 4.69) is 4.98 Å². The minimum Gasteiger partial charge on any atom is -0.496 e. The molecule has 0 atom stereocenters. The summed E-state index contributed by atoms with van der Waals surface area (Å²) in [5.41, 5.74) is 2.62. The third-order valence-corrected chi connectivity index (χ3v) is 4.40. The standard InChI is InChI=1S/C17H15NO2S/c1-11-9-12(7-8-15(11)20-2)14(19)10-17-18-13-5-3-4-6-16(13)21-17/h3-9H,10H2,1-2H3. The highest BCUT2D eigenvalue weighted by Gasteiger charge is 2.12. The van der Waals surface area contributed by atoms with Crippen LogP contribution in [0.25, 0.3) is 10.2 Å². The average Bonchev–Trinajstić information content (AvgIpc) is 2.89. The number of methoxy groups -OCH3 is 1. The summed E-state index contributed by atoms with van der Waals surface area (Å²) >= 11 is 1.58. The lowest BCUT2D eigenvalue weighted by molar-refractivity contribution is 0.0993. The fraction of sp³-hybridized carbons (Fsp3) is 0.176. The summed E-state index contributed by atoms with van der Waals surface area (Å²) in [5.74, 6) is 0.881. The van der Waals surface area contributed by atoms with Crippen LogP contribution >= 0.6 is 11.3 Å². The Bertz CT molecular complexity index is 774. The molecule has 0 saturated heterocycles. The largest absolute Gasteiger partial charge is 0.496 e. The number of hydrogen-bond acceptors (Lipinski definition) is 4. The maximum Gasteiger partial charge on any atom is 0.169 e. The van der Waals surface area contributed by atoms with Gasteiger partial charge in [0.1, 0.15) is 10.8 Å². The number of benzene rings is 2. The molecule has 106 valence electrons. The van der Waals surface area contributed by atoms with E-state index in [0.717, 1.165) is 26.5 Å². The number of fused-ring (bicyclic) bond motifs is 1. The number of thiazole rings is 1. The van der Waals surface area contributed by atoms with Gasteiger partial charge in [-0.25, -0.2) is 4.98 Å². The molecule has 0 amide bonds. The number of aryl methyl sites for hydroxylation is 1. The second-order valence-corrected chi connectivity index (χ2v) is 5.97. The van der Waals surface area contributed by atoms with Crippen molar-refractivity contribution in [1.29, 1.82) is 0 Å². The van der Waals surface area contributed by atoms with E-state index in [-0.39, 0.29) is 5.78 Å². The Morgan fingerprint density at radius 2 is 2.05 bits per heavy atom. The van der Waals surface area contributed by atoms with Crippen LogP contribution in [0.15, 0.2) is 42.5 Å². The molecule has 1 aromatic heterocycles. The van der Waals surface area contributed by atoms with Crippen molar-refractivity contribution in [3.8, 4) is 5.75 Å². The number of para-hydroxylation sites is 1. The van der Waals surface area contributed by atoms with Crippen LogP contribution in [0, 0.1) is 6.92 Å². The van der Waals surface area contributed by atoms with Gasteiger partial charge in [-0.15, -0.1) is 11.3 Å². The molecule has 0 radical (unpaired) electrons. The van der Waals surface area contributed by atoms with Gasteiger partial charge in [0.15, 0.2) is 5.78 Å².